The lowest BCUT2D eigenvalue weighted by molar-refractivity contribution is 0.163. The van der Waals surface area contributed by atoms with Crippen molar-refractivity contribution in [3.8, 4) is 0 Å². The van der Waals surface area contributed by atoms with Crippen molar-refractivity contribution in [2.75, 3.05) is 13.2 Å². The van der Waals surface area contributed by atoms with E-state index in [4.69, 9.17) is 4.74 Å². The highest BCUT2D eigenvalue weighted by Gasteiger charge is 2.13. The van der Waals surface area contributed by atoms with Gasteiger partial charge in [-0.1, -0.05) is 51.8 Å². The molecule has 0 bridgehead atoms. The molecule has 2 heteroatoms. The summed E-state index contributed by atoms with van der Waals surface area (Å²) in [6.07, 6.45) is 9.52. The lowest BCUT2D eigenvalue weighted by atomic mass is 10.1. The Kier molecular flexibility index (Phi) is 9.33. The molecular weight excluding hydrogens is 234 g/mol. The average molecular weight is 261 g/mol. The Hall–Kier alpha value is -1.70. The van der Waals surface area contributed by atoms with Crippen molar-refractivity contribution in [3.63, 3.8) is 0 Å². The number of hydrogen-bond donors (Lipinski definition) is 0. The van der Waals surface area contributed by atoms with Gasteiger partial charge in [-0.2, -0.15) is 0 Å². The van der Waals surface area contributed by atoms with Crippen LogP contribution in [0, 0.1) is 0 Å². The zero-order chi connectivity index (χ0) is 14.7. The Morgan fingerprint density at radius 1 is 1.32 bits per heavy atom. The van der Waals surface area contributed by atoms with Crippen LogP contribution in [0.5, 0.6) is 0 Å². The maximum atomic E-state index is 5.47. The second-order valence-electron chi connectivity index (χ2n) is 4.44. The number of hydrogen-bond acceptors (Lipinski definition) is 2. The van der Waals surface area contributed by atoms with Crippen LogP contribution in [-0.2, 0) is 4.74 Å². The Bertz CT molecular complexity index is 341. The molecule has 0 aliphatic carbocycles. The Morgan fingerprint density at radius 2 is 2.00 bits per heavy atom. The lowest BCUT2D eigenvalue weighted by Gasteiger charge is -2.31. The van der Waals surface area contributed by atoms with E-state index < -0.39 is 0 Å². The molecule has 0 radical (unpaired) electrons. The fourth-order valence-electron chi connectivity index (χ4n) is 1.83. The van der Waals surface area contributed by atoms with Crippen molar-refractivity contribution in [1.29, 1.82) is 0 Å². The standard InChI is InChI=1S/C17H27NO/c1-7-10-12-16(5)18(15(4)11-8-2)13-14-19-17(6)9-3/h7,9-10,12,15H,1,3,5-6,8,11,13-14H2,2,4H3/b12-10-. The van der Waals surface area contributed by atoms with Crippen molar-refractivity contribution >= 4 is 0 Å². The molecule has 0 heterocycles. The SMILES string of the molecule is C=C/C=C\C(=C)N(CCOC(=C)C=C)C(C)CCC. The first-order valence-electron chi connectivity index (χ1n) is 6.75. The van der Waals surface area contributed by atoms with E-state index in [1.807, 2.05) is 12.2 Å². The van der Waals surface area contributed by atoms with Crippen molar-refractivity contribution in [3.05, 3.63) is 62.1 Å². The third-order valence-electron chi connectivity index (χ3n) is 2.88. The molecule has 0 fully saturated rings. The van der Waals surface area contributed by atoms with Crippen LogP contribution in [0.4, 0.5) is 0 Å². The molecule has 1 unspecified atom stereocenters. The molecule has 0 saturated carbocycles. The molecule has 0 aliphatic rings. The zero-order valence-electron chi connectivity index (χ0n) is 12.4. The molecule has 0 aliphatic heterocycles. The largest absolute Gasteiger partial charge is 0.492 e. The molecule has 0 N–H and O–H groups in total. The van der Waals surface area contributed by atoms with Gasteiger partial charge >= 0.3 is 0 Å². The molecule has 0 amide bonds. The lowest BCUT2D eigenvalue weighted by Crippen LogP contribution is -2.34. The Morgan fingerprint density at radius 3 is 2.53 bits per heavy atom. The topological polar surface area (TPSA) is 12.5 Å². The van der Waals surface area contributed by atoms with E-state index in [1.54, 1.807) is 12.2 Å². The Balaban J connectivity index is 4.53. The van der Waals surface area contributed by atoms with Crippen LogP contribution < -0.4 is 0 Å². The van der Waals surface area contributed by atoms with Gasteiger partial charge in [0.2, 0.25) is 0 Å². The minimum absolute atomic E-state index is 0.438. The van der Waals surface area contributed by atoms with E-state index in [9.17, 15) is 0 Å². The minimum Gasteiger partial charge on any atom is -0.492 e. The Labute approximate surface area is 118 Å². The van der Waals surface area contributed by atoms with Gasteiger partial charge in [-0.15, -0.1) is 0 Å². The molecule has 0 aromatic heterocycles. The van der Waals surface area contributed by atoms with Gasteiger partial charge < -0.3 is 9.64 Å². The molecule has 0 saturated heterocycles. The molecule has 0 aromatic rings. The van der Waals surface area contributed by atoms with Crippen LogP contribution in [0.2, 0.25) is 0 Å². The number of rotatable bonds is 11. The van der Waals surface area contributed by atoms with E-state index >= 15 is 0 Å². The second kappa shape index (κ2) is 10.2. The zero-order valence-corrected chi connectivity index (χ0v) is 12.4. The average Bonchev–Trinajstić information content (AvgIpc) is 2.40. The first kappa shape index (κ1) is 17.3. The molecule has 0 spiro atoms. The van der Waals surface area contributed by atoms with Gasteiger partial charge in [0.15, 0.2) is 0 Å². The third kappa shape index (κ3) is 7.35. The van der Waals surface area contributed by atoms with Crippen LogP contribution in [-0.4, -0.2) is 24.1 Å². The fraction of sp³-hybridized carbons (Fsp3) is 0.412. The molecule has 0 rings (SSSR count). The van der Waals surface area contributed by atoms with Gasteiger partial charge in [0.25, 0.3) is 0 Å². The summed E-state index contributed by atoms with van der Waals surface area (Å²) >= 11 is 0. The summed E-state index contributed by atoms with van der Waals surface area (Å²) in [6, 6.07) is 0.438. The van der Waals surface area contributed by atoms with Crippen LogP contribution in [0.25, 0.3) is 0 Å². The van der Waals surface area contributed by atoms with Gasteiger partial charge in [-0.3, -0.25) is 0 Å². The van der Waals surface area contributed by atoms with E-state index in [2.05, 4.69) is 45.1 Å². The summed E-state index contributed by atoms with van der Waals surface area (Å²) < 4.78 is 5.47. The highest BCUT2D eigenvalue weighted by atomic mass is 16.5. The predicted octanol–water partition coefficient (Wildman–Crippen LogP) is 4.45. The molecule has 106 valence electrons. The third-order valence-corrected chi connectivity index (χ3v) is 2.88. The van der Waals surface area contributed by atoms with Crippen molar-refractivity contribution < 1.29 is 4.74 Å². The van der Waals surface area contributed by atoms with Crippen LogP contribution in [0.15, 0.2) is 62.1 Å². The summed E-state index contributed by atoms with van der Waals surface area (Å²) in [6.45, 7) is 20.9. The van der Waals surface area contributed by atoms with Crippen molar-refractivity contribution in [2.24, 2.45) is 0 Å². The highest BCUT2D eigenvalue weighted by Crippen LogP contribution is 2.14. The van der Waals surface area contributed by atoms with Crippen LogP contribution in [0.3, 0.4) is 0 Å². The number of ether oxygens (including phenoxy) is 1. The second-order valence-corrected chi connectivity index (χ2v) is 4.44. The van der Waals surface area contributed by atoms with Gasteiger partial charge in [0.05, 0.1) is 6.54 Å². The fourth-order valence-corrected chi connectivity index (χ4v) is 1.83. The molecule has 1 atom stereocenters. The van der Waals surface area contributed by atoms with E-state index in [0.717, 1.165) is 25.1 Å². The first-order chi connectivity index (χ1) is 9.06. The van der Waals surface area contributed by atoms with Gasteiger partial charge in [0.1, 0.15) is 12.4 Å². The maximum absolute atomic E-state index is 5.47. The first-order valence-corrected chi connectivity index (χ1v) is 6.75. The van der Waals surface area contributed by atoms with Gasteiger partial charge in [-0.25, -0.2) is 0 Å². The number of allylic oxidation sites excluding steroid dienone is 4. The predicted molar refractivity (Wildman–Crippen MR) is 84.8 cm³/mol. The summed E-state index contributed by atoms with van der Waals surface area (Å²) in [4.78, 5) is 2.25. The van der Waals surface area contributed by atoms with Gasteiger partial charge in [0, 0.05) is 11.7 Å². The monoisotopic (exact) mass is 261 g/mol. The molecule has 19 heavy (non-hydrogen) atoms. The van der Waals surface area contributed by atoms with E-state index in [0.29, 0.717) is 18.4 Å². The summed E-state index contributed by atoms with van der Waals surface area (Å²) in [5.41, 5.74) is 0.980. The maximum Gasteiger partial charge on any atom is 0.111 e. The van der Waals surface area contributed by atoms with E-state index in [-0.39, 0.29) is 0 Å². The molecule has 2 nitrogen and oxygen atoms in total. The summed E-state index contributed by atoms with van der Waals surface area (Å²) in [5.74, 6) is 0.607. The van der Waals surface area contributed by atoms with Crippen molar-refractivity contribution in [1.82, 2.24) is 4.90 Å². The number of nitrogens with zero attached hydrogens (tertiary/aromatic N) is 1. The molecular formula is C17H27NO. The minimum atomic E-state index is 0.438. The van der Waals surface area contributed by atoms with Crippen LogP contribution >= 0.6 is 0 Å². The van der Waals surface area contributed by atoms with Crippen molar-refractivity contribution in [2.45, 2.75) is 32.7 Å². The highest BCUT2D eigenvalue weighted by molar-refractivity contribution is 5.18. The van der Waals surface area contributed by atoms with Gasteiger partial charge in [-0.05, 0) is 25.5 Å². The summed E-state index contributed by atoms with van der Waals surface area (Å²) in [5, 5.41) is 0. The molecule has 0 aromatic carbocycles. The van der Waals surface area contributed by atoms with Crippen LogP contribution in [0.1, 0.15) is 26.7 Å². The normalized spacial score (nSPS) is 11.9. The summed E-state index contributed by atoms with van der Waals surface area (Å²) in [7, 11) is 0. The van der Waals surface area contributed by atoms with E-state index in [1.165, 1.54) is 0 Å². The smallest absolute Gasteiger partial charge is 0.111 e. The quantitative estimate of drug-likeness (QED) is 0.402.